The van der Waals surface area contributed by atoms with Crippen molar-refractivity contribution in [3.8, 4) is 11.3 Å². The molecule has 0 radical (unpaired) electrons. The van der Waals surface area contributed by atoms with Crippen molar-refractivity contribution < 1.29 is 14.3 Å². The van der Waals surface area contributed by atoms with E-state index in [2.05, 4.69) is 25.8 Å². The molecule has 2 aromatic heterocycles. The summed E-state index contributed by atoms with van der Waals surface area (Å²) in [6.45, 7) is 8.11. The molecule has 2 heterocycles. The minimum absolute atomic E-state index is 0.104. The molecule has 0 unspecified atom stereocenters. The van der Waals surface area contributed by atoms with Crippen molar-refractivity contribution in [1.29, 1.82) is 0 Å². The Morgan fingerprint density at radius 3 is 2.50 bits per heavy atom. The van der Waals surface area contributed by atoms with Gasteiger partial charge in [0.05, 0.1) is 5.69 Å². The fraction of sp³-hybridized carbons (Fsp3) is 0.263. The molecule has 124 valence electrons. The van der Waals surface area contributed by atoms with Crippen LogP contribution in [0.15, 0.2) is 34.7 Å². The first-order valence-corrected chi connectivity index (χ1v) is 7.99. The maximum Gasteiger partial charge on any atom is 0.371 e. The van der Waals surface area contributed by atoms with Crippen molar-refractivity contribution in [3.05, 3.63) is 52.2 Å². The van der Waals surface area contributed by atoms with E-state index in [1.807, 2.05) is 31.2 Å². The Hall–Kier alpha value is -2.33. The van der Waals surface area contributed by atoms with Crippen molar-refractivity contribution in [3.63, 3.8) is 0 Å². The van der Waals surface area contributed by atoms with Crippen LogP contribution < -0.4 is 0 Å². The van der Waals surface area contributed by atoms with Crippen molar-refractivity contribution in [2.75, 3.05) is 0 Å². The number of aromatic carboxylic acids is 1. The van der Waals surface area contributed by atoms with Gasteiger partial charge in [0.2, 0.25) is 5.76 Å². The molecular weight excluding hydrogens is 326 g/mol. The number of carboxylic acids is 1. The largest absolute Gasteiger partial charge is 0.475 e. The van der Waals surface area contributed by atoms with Gasteiger partial charge < -0.3 is 9.52 Å². The monoisotopic (exact) mass is 343 g/mol. The fourth-order valence-electron chi connectivity index (χ4n) is 2.64. The Bertz CT molecular complexity index is 951. The molecule has 1 N–H and O–H groups in total. The molecule has 5 heteroatoms. The van der Waals surface area contributed by atoms with Crippen LogP contribution >= 0.6 is 11.6 Å². The molecule has 0 aliphatic carbocycles. The van der Waals surface area contributed by atoms with Gasteiger partial charge in [0, 0.05) is 22.2 Å². The predicted molar refractivity (Wildman–Crippen MR) is 94.9 cm³/mol. The molecule has 24 heavy (non-hydrogen) atoms. The second kappa shape index (κ2) is 5.64. The molecule has 0 fully saturated rings. The lowest BCUT2D eigenvalue weighted by molar-refractivity contribution is 0.0665. The number of aryl methyl sites for hydroxylation is 1. The summed E-state index contributed by atoms with van der Waals surface area (Å²) in [6.07, 6.45) is 0. The number of nitrogens with zero attached hydrogens (tertiary/aromatic N) is 1. The van der Waals surface area contributed by atoms with Crippen LogP contribution in [-0.4, -0.2) is 16.1 Å². The number of carbonyl (C=O) groups is 1. The first-order valence-electron chi connectivity index (χ1n) is 7.61. The summed E-state index contributed by atoms with van der Waals surface area (Å²) in [4.78, 5) is 15.8. The summed E-state index contributed by atoms with van der Waals surface area (Å²) in [5.74, 6) is -1.20. The van der Waals surface area contributed by atoms with E-state index in [-0.39, 0.29) is 11.2 Å². The number of halogens is 1. The number of hydrogen-bond acceptors (Lipinski definition) is 3. The summed E-state index contributed by atoms with van der Waals surface area (Å²) >= 11 is 6.10. The van der Waals surface area contributed by atoms with E-state index in [1.165, 1.54) is 6.07 Å². The van der Waals surface area contributed by atoms with Crippen molar-refractivity contribution in [2.45, 2.75) is 33.1 Å². The molecule has 1 aromatic carbocycles. The minimum Gasteiger partial charge on any atom is -0.475 e. The lowest BCUT2D eigenvalue weighted by Crippen LogP contribution is -2.12. The average Bonchev–Trinajstić information content (AvgIpc) is 2.92. The normalized spacial score (nSPS) is 11.9. The molecule has 0 aliphatic heterocycles. The zero-order valence-electron chi connectivity index (χ0n) is 14.0. The number of benzene rings is 1. The number of aromatic nitrogens is 1. The van der Waals surface area contributed by atoms with Gasteiger partial charge in [0.1, 0.15) is 5.52 Å². The smallest absolute Gasteiger partial charge is 0.371 e. The zero-order valence-corrected chi connectivity index (χ0v) is 14.7. The van der Waals surface area contributed by atoms with E-state index in [0.29, 0.717) is 16.1 Å². The molecule has 0 amide bonds. The topological polar surface area (TPSA) is 63.3 Å². The summed E-state index contributed by atoms with van der Waals surface area (Å²) in [5, 5.41) is 9.90. The van der Waals surface area contributed by atoms with E-state index < -0.39 is 5.97 Å². The van der Waals surface area contributed by atoms with Gasteiger partial charge in [-0.3, -0.25) is 0 Å². The SMILES string of the molecule is Cc1cc(-c2cc(C(C)(C)C)c3oc(C(=O)O)cc3n2)ccc1Cl. The van der Waals surface area contributed by atoms with Gasteiger partial charge in [-0.15, -0.1) is 0 Å². The molecular formula is C19H18ClNO3. The number of pyridine rings is 1. The maximum absolute atomic E-state index is 11.2. The number of hydrogen-bond donors (Lipinski definition) is 1. The Kier molecular flexibility index (Phi) is 3.88. The predicted octanol–water partition coefficient (Wildman–Crippen LogP) is 5.45. The van der Waals surface area contributed by atoms with Crippen LogP contribution in [0, 0.1) is 6.92 Å². The lowest BCUT2D eigenvalue weighted by Gasteiger charge is -2.20. The third-order valence-corrected chi connectivity index (χ3v) is 4.38. The van der Waals surface area contributed by atoms with Gasteiger partial charge in [0.25, 0.3) is 0 Å². The first-order chi connectivity index (χ1) is 11.2. The van der Waals surface area contributed by atoms with Gasteiger partial charge in [-0.1, -0.05) is 38.4 Å². The van der Waals surface area contributed by atoms with E-state index in [4.69, 9.17) is 16.0 Å². The summed E-state index contributed by atoms with van der Waals surface area (Å²) in [6, 6.07) is 9.15. The van der Waals surface area contributed by atoms with Crippen LogP contribution in [0.2, 0.25) is 5.02 Å². The molecule has 0 saturated heterocycles. The van der Waals surface area contributed by atoms with Crippen molar-refractivity contribution in [1.82, 2.24) is 4.98 Å². The van der Waals surface area contributed by atoms with Crippen LogP contribution in [-0.2, 0) is 5.41 Å². The van der Waals surface area contributed by atoms with E-state index in [9.17, 15) is 9.90 Å². The highest BCUT2D eigenvalue weighted by Gasteiger charge is 2.24. The maximum atomic E-state index is 11.2. The molecule has 4 nitrogen and oxygen atoms in total. The van der Waals surface area contributed by atoms with E-state index in [0.717, 1.165) is 22.4 Å². The lowest BCUT2D eigenvalue weighted by atomic mass is 9.86. The van der Waals surface area contributed by atoms with Crippen LogP contribution in [0.5, 0.6) is 0 Å². The second-order valence-electron chi connectivity index (χ2n) is 6.90. The molecule has 0 spiro atoms. The molecule has 0 atom stereocenters. The summed E-state index contributed by atoms with van der Waals surface area (Å²) in [5.41, 5.74) is 4.43. The third kappa shape index (κ3) is 2.89. The summed E-state index contributed by atoms with van der Waals surface area (Å²) < 4.78 is 5.54. The zero-order chi connectivity index (χ0) is 17.6. The number of rotatable bonds is 2. The van der Waals surface area contributed by atoms with Crippen molar-refractivity contribution >= 4 is 28.7 Å². The van der Waals surface area contributed by atoms with E-state index in [1.54, 1.807) is 0 Å². The Labute approximate surface area is 145 Å². The Balaban J connectivity index is 2.29. The molecule has 0 aliphatic rings. The van der Waals surface area contributed by atoms with Crippen LogP contribution in [0.4, 0.5) is 0 Å². The highest BCUT2D eigenvalue weighted by atomic mass is 35.5. The summed E-state index contributed by atoms with van der Waals surface area (Å²) in [7, 11) is 0. The highest BCUT2D eigenvalue weighted by molar-refractivity contribution is 6.31. The van der Waals surface area contributed by atoms with Crippen LogP contribution in [0.25, 0.3) is 22.4 Å². The number of carboxylic acid groups (broad SMARTS) is 1. The van der Waals surface area contributed by atoms with Gasteiger partial charge in [-0.2, -0.15) is 0 Å². The van der Waals surface area contributed by atoms with Crippen LogP contribution in [0.3, 0.4) is 0 Å². The molecule has 0 bridgehead atoms. The second-order valence-corrected chi connectivity index (χ2v) is 7.31. The Morgan fingerprint density at radius 2 is 1.92 bits per heavy atom. The average molecular weight is 344 g/mol. The number of furan rings is 1. The highest BCUT2D eigenvalue weighted by Crippen LogP contribution is 2.35. The third-order valence-electron chi connectivity index (χ3n) is 3.95. The minimum atomic E-state index is -1.10. The number of fused-ring (bicyclic) bond motifs is 1. The molecule has 0 saturated carbocycles. The van der Waals surface area contributed by atoms with Gasteiger partial charge in [0.15, 0.2) is 5.58 Å². The molecule has 3 aromatic rings. The first kappa shape index (κ1) is 16.5. The van der Waals surface area contributed by atoms with Gasteiger partial charge in [-0.25, -0.2) is 9.78 Å². The standard InChI is InChI=1S/C19H18ClNO3/c1-10-7-11(5-6-13(10)20)14-8-12(19(2,3)4)17-15(21-14)9-16(24-17)18(22)23/h5-9H,1-4H3,(H,22,23). The fourth-order valence-corrected chi connectivity index (χ4v) is 2.75. The Morgan fingerprint density at radius 1 is 1.21 bits per heavy atom. The van der Waals surface area contributed by atoms with E-state index >= 15 is 0 Å². The molecule has 3 rings (SSSR count). The van der Waals surface area contributed by atoms with Crippen LogP contribution in [0.1, 0.15) is 42.5 Å². The quantitative estimate of drug-likeness (QED) is 0.671. The van der Waals surface area contributed by atoms with Gasteiger partial charge >= 0.3 is 5.97 Å². The van der Waals surface area contributed by atoms with Crippen molar-refractivity contribution in [2.24, 2.45) is 0 Å². The van der Waals surface area contributed by atoms with Gasteiger partial charge in [-0.05, 0) is 36.1 Å².